The van der Waals surface area contributed by atoms with E-state index in [1.54, 1.807) is 32.2 Å². The third kappa shape index (κ3) is 4.73. The zero-order chi connectivity index (χ0) is 31.0. The molecule has 0 radical (unpaired) electrons. The van der Waals surface area contributed by atoms with Gasteiger partial charge in [-0.15, -0.1) is 0 Å². The quantitative estimate of drug-likeness (QED) is 0.222. The summed E-state index contributed by atoms with van der Waals surface area (Å²) < 4.78 is 46.0. The minimum Gasteiger partial charge on any atom is -0.494 e. The van der Waals surface area contributed by atoms with Gasteiger partial charge in [0.15, 0.2) is 11.5 Å². The number of carbonyl (C=O) groups excluding carboxylic acids is 1. The van der Waals surface area contributed by atoms with Crippen molar-refractivity contribution >= 4 is 28.6 Å². The van der Waals surface area contributed by atoms with E-state index in [4.69, 9.17) is 40.3 Å². The number of methoxy groups -OCH3 is 2. The van der Waals surface area contributed by atoms with Gasteiger partial charge in [0.1, 0.15) is 22.9 Å². The number of fused-ring (bicyclic) bond motifs is 3. The second-order valence-electron chi connectivity index (χ2n) is 12.5. The van der Waals surface area contributed by atoms with Gasteiger partial charge in [-0.2, -0.15) is 0 Å². The summed E-state index contributed by atoms with van der Waals surface area (Å²) in [5.41, 5.74) is 3.39. The number of halogens is 2. The largest absolute Gasteiger partial charge is 0.494 e. The van der Waals surface area contributed by atoms with Crippen LogP contribution >= 0.6 is 11.6 Å². The van der Waals surface area contributed by atoms with Crippen LogP contribution in [0.4, 0.5) is 4.39 Å². The molecule has 0 unspecified atom stereocenters. The second-order valence-corrected chi connectivity index (χ2v) is 12.9. The van der Waals surface area contributed by atoms with Gasteiger partial charge in [0, 0.05) is 37.2 Å². The average molecular weight is 634 g/mol. The van der Waals surface area contributed by atoms with Crippen molar-refractivity contribution in [2.75, 3.05) is 33.9 Å². The summed E-state index contributed by atoms with van der Waals surface area (Å²) in [4.78, 5) is 19.9. The number of benzene rings is 3. The highest BCUT2D eigenvalue weighted by atomic mass is 35.5. The summed E-state index contributed by atoms with van der Waals surface area (Å²) >= 11 is 5.99. The molecule has 45 heavy (non-hydrogen) atoms. The van der Waals surface area contributed by atoms with Crippen molar-refractivity contribution in [3.05, 3.63) is 81.9 Å². The molecule has 1 aliphatic carbocycles. The van der Waals surface area contributed by atoms with Crippen LogP contribution in [0.1, 0.15) is 46.6 Å². The van der Waals surface area contributed by atoms with E-state index in [0.29, 0.717) is 64.2 Å². The number of nitrogens with zero attached hydrogens (tertiary/aromatic N) is 3. The summed E-state index contributed by atoms with van der Waals surface area (Å²) in [6, 6.07) is 14.0. The maximum Gasteiger partial charge on any atom is 0.338 e. The summed E-state index contributed by atoms with van der Waals surface area (Å²) in [5, 5.41) is 0.323. The van der Waals surface area contributed by atoms with Crippen LogP contribution < -0.4 is 14.2 Å². The molecule has 234 valence electrons. The van der Waals surface area contributed by atoms with E-state index in [9.17, 15) is 9.18 Å². The molecular weight excluding hydrogens is 601 g/mol. The van der Waals surface area contributed by atoms with Crippen LogP contribution in [-0.4, -0.2) is 60.4 Å². The van der Waals surface area contributed by atoms with Crippen molar-refractivity contribution in [2.24, 2.45) is 11.8 Å². The molecule has 4 aliphatic rings. The molecule has 0 N–H and O–H groups in total. The van der Waals surface area contributed by atoms with Gasteiger partial charge in [0.2, 0.25) is 0 Å². The Kier molecular flexibility index (Phi) is 6.74. The SMILES string of the molecule is COC(=O)c1cc(OC)c2nc(CN3C[C@@H]4[C@H](C3)[C@H]4c3cccc4c3O[C@](C)(c3ccc(Cl)cc3F)O4)n(C[C@@H]3CCO3)c2c1. The molecular formula is C34H33ClFN3O6. The monoisotopic (exact) mass is 633 g/mol. The normalized spacial score (nSPS) is 26.5. The number of rotatable bonds is 8. The predicted octanol–water partition coefficient (Wildman–Crippen LogP) is 5.90. The number of ether oxygens (including phenoxy) is 5. The predicted molar refractivity (Wildman–Crippen MR) is 163 cm³/mol. The van der Waals surface area contributed by atoms with Crippen molar-refractivity contribution in [1.82, 2.24) is 14.5 Å². The molecule has 4 aromatic rings. The standard InChI is InChI=1S/C34H33ClFN3O6/c1-34(24-8-7-19(35)13-25(24)36)44-27-6-4-5-21(32(27)45-34)30-22-15-38(16-23(22)30)17-29-37-31-26(39(29)14-20-9-10-43-20)11-18(33(40)42-3)12-28(31)41-2/h4-8,11-13,20,22-23,30H,9-10,14-17H2,1-3H3/t20-,22-,23+,30+,34+/m0/s1. The summed E-state index contributed by atoms with van der Waals surface area (Å²) in [6.07, 6.45) is 1.10. The van der Waals surface area contributed by atoms with Crippen molar-refractivity contribution in [2.45, 2.75) is 44.2 Å². The molecule has 2 saturated heterocycles. The van der Waals surface area contributed by atoms with E-state index in [1.807, 2.05) is 18.2 Å². The molecule has 1 saturated carbocycles. The average Bonchev–Trinajstić information content (AvgIpc) is 3.29. The Bertz CT molecular complexity index is 1830. The Morgan fingerprint density at radius 3 is 2.62 bits per heavy atom. The van der Waals surface area contributed by atoms with Gasteiger partial charge in [-0.05, 0) is 60.6 Å². The minimum atomic E-state index is -1.28. The van der Waals surface area contributed by atoms with Gasteiger partial charge in [-0.1, -0.05) is 23.7 Å². The zero-order valence-electron chi connectivity index (χ0n) is 25.2. The van der Waals surface area contributed by atoms with Crippen LogP contribution in [-0.2, 0) is 28.4 Å². The van der Waals surface area contributed by atoms with Crippen LogP contribution in [0.25, 0.3) is 11.0 Å². The molecule has 3 fully saturated rings. The van der Waals surface area contributed by atoms with Crippen LogP contribution in [0.3, 0.4) is 0 Å². The highest BCUT2D eigenvalue weighted by Crippen LogP contribution is 2.62. The van der Waals surface area contributed by atoms with Crippen molar-refractivity contribution in [3.63, 3.8) is 0 Å². The number of para-hydroxylation sites is 1. The van der Waals surface area contributed by atoms with Gasteiger partial charge >= 0.3 is 5.97 Å². The number of hydrogen-bond acceptors (Lipinski definition) is 8. The van der Waals surface area contributed by atoms with Gasteiger partial charge in [-0.25, -0.2) is 14.2 Å². The molecule has 3 aliphatic heterocycles. The number of likely N-dealkylation sites (tertiary alicyclic amines) is 1. The Labute approximate surface area is 264 Å². The molecule has 0 amide bonds. The molecule has 0 spiro atoms. The fourth-order valence-corrected chi connectivity index (χ4v) is 7.53. The van der Waals surface area contributed by atoms with Gasteiger partial charge in [0.25, 0.3) is 5.79 Å². The number of aromatic nitrogens is 2. The van der Waals surface area contributed by atoms with E-state index in [0.717, 1.165) is 48.5 Å². The first-order chi connectivity index (χ1) is 21.8. The number of esters is 1. The van der Waals surface area contributed by atoms with Crippen molar-refractivity contribution in [3.8, 4) is 17.2 Å². The Hall–Kier alpha value is -3.86. The Balaban J connectivity index is 1.02. The number of piperidine rings is 1. The highest BCUT2D eigenvalue weighted by molar-refractivity contribution is 6.30. The zero-order valence-corrected chi connectivity index (χ0v) is 26.0. The van der Waals surface area contributed by atoms with Gasteiger partial charge in [0.05, 0.1) is 50.1 Å². The molecule has 4 heterocycles. The fraction of sp³-hybridized carbons (Fsp3) is 0.412. The van der Waals surface area contributed by atoms with Crippen molar-refractivity contribution in [1.29, 1.82) is 0 Å². The van der Waals surface area contributed by atoms with E-state index in [-0.39, 0.29) is 6.10 Å². The first-order valence-corrected chi connectivity index (χ1v) is 15.6. The summed E-state index contributed by atoms with van der Waals surface area (Å²) in [5.74, 6) is 1.87. The van der Waals surface area contributed by atoms with E-state index in [2.05, 4.69) is 15.5 Å². The lowest BCUT2D eigenvalue weighted by Gasteiger charge is -2.28. The van der Waals surface area contributed by atoms with E-state index >= 15 is 0 Å². The van der Waals surface area contributed by atoms with E-state index < -0.39 is 17.6 Å². The van der Waals surface area contributed by atoms with Crippen LogP contribution in [0.5, 0.6) is 17.2 Å². The maximum atomic E-state index is 14.9. The molecule has 0 bridgehead atoms. The summed E-state index contributed by atoms with van der Waals surface area (Å²) in [7, 11) is 2.96. The lowest BCUT2D eigenvalue weighted by Crippen LogP contribution is -2.33. The molecule has 1 aromatic heterocycles. The van der Waals surface area contributed by atoms with Crippen LogP contribution in [0.2, 0.25) is 5.02 Å². The lowest BCUT2D eigenvalue weighted by molar-refractivity contribution is -0.0710. The van der Waals surface area contributed by atoms with Crippen LogP contribution in [0, 0.1) is 17.7 Å². The highest BCUT2D eigenvalue weighted by Gasteiger charge is 2.58. The van der Waals surface area contributed by atoms with Gasteiger partial charge < -0.3 is 28.3 Å². The van der Waals surface area contributed by atoms with Crippen molar-refractivity contribution < 1.29 is 32.9 Å². The maximum absolute atomic E-state index is 14.9. The smallest absolute Gasteiger partial charge is 0.338 e. The topological polar surface area (TPSA) is 84.3 Å². The molecule has 8 rings (SSSR count). The molecule has 9 nitrogen and oxygen atoms in total. The minimum absolute atomic E-state index is 0.111. The second kappa shape index (κ2) is 10.6. The number of imidazole rings is 1. The number of carbonyl (C=O) groups is 1. The Morgan fingerprint density at radius 2 is 1.93 bits per heavy atom. The fourth-order valence-electron chi connectivity index (χ4n) is 7.37. The summed E-state index contributed by atoms with van der Waals surface area (Å²) in [6.45, 7) is 5.64. The number of hydrogen-bond donors (Lipinski definition) is 0. The lowest BCUT2D eigenvalue weighted by atomic mass is 10.0. The molecule has 3 aromatic carbocycles. The van der Waals surface area contributed by atoms with E-state index in [1.165, 1.54) is 13.2 Å². The van der Waals surface area contributed by atoms with Crippen LogP contribution in [0.15, 0.2) is 48.5 Å². The Morgan fingerprint density at radius 1 is 1.13 bits per heavy atom. The third-order valence-corrected chi connectivity index (χ3v) is 9.98. The first kappa shape index (κ1) is 28.6. The van der Waals surface area contributed by atoms with Gasteiger partial charge in [-0.3, -0.25) is 4.90 Å². The molecule has 11 heteroatoms. The molecule has 5 atom stereocenters. The third-order valence-electron chi connectivity index (χ3n) is 9.74. The first-order valence-electron chi connectivity index (χ1n) is 15.2.